The quantitative estimate of drug-likeness (QED) is 0.485. The van der Waals surface area contributed by atoms with Crippen molar-refractivity contribution < 1.29 is 14.5 Å². The molecule has 1 saturated heterocycles. The predicted octanol–water partition coefficient (Wildman–Crippen LogP) is 2.20. The molecule has 0 aliphatic carbocycles. The molecule has 0 bridgehead atoms. The number of nitrogens with zero attached hydrogens (tertiary/aromatic N) is 1. The monoisotopic (exact) mass is 339 g/mol. The highest BCUT2D eigenvalue weighted by Crippen LogP contribution is 2.34. The van der Waals surface area contributed by atoms with E-state index in [9.17, 15) is 14.9 Å². The van der Waals surface area contributed by atoms with Gasteiger partial charge in [0.2, 0.25) is 0 Å². The molecular formula is C15H21N3O4S. The fourth-order valence-corrected chi connectivity index (χ4v) is 3.27. The van der Waals surface area contributed by atoms with Crippen LogP contribution in [0.4, 0.5) is 5.69 Å². The predicted molar refractivity (Wildman–Crippen MR) is 89.4 cm³/mol. The summed E-state index contributed by atoms with van der Waals surface area (Å²) in [5.74, 6) is -0.0244. The van der Waals surface area contributed by atoms with E-state index < -0.39 is 10.8 Å². The summed E-state index contributed by atoms with van der Waals surface area (Å²) in [6.07, 6.45) is 3.66. The Labute approximate surface area is 139 Å². The minimum Gasteiger partial charge on any atom is -0.495 e. The second-order valence-electron chi connectivity index (χ2n) is 5.45. The summed E-state index contributed by atoms with van der Waals surface area (Å²) >= 11 is 1.38. The van der Waals surface area contributed by atoms with Crippen molar-refractivity contribution in [3.05, 3.63) is 27.8 Å². The Kier molecular flexibility index (Phi) is 5.84. The molecule has 0 radical (unpaired) electrons. The fraction of sp³-hybridized carbons (Fsp3) is 0.533. The van der Waals surface area contributed by atoms with Crippen LogP contribution in [0.15, 0.2) is 17.0 Å². The summed E-state index contributed by atoms with van der Waals surface area (Å²) in [6, 6.07) is 2.95. The second-order valence-corrected chi connectivity index (χ2v) is 6.29. The van der Waals surface area contributed by atoms with Crippen LogP contribution in [-0.2, 0) is 0 Å². The molecule has 1 amide bonds. The molecule has 1 aromatic carbocycles. The lowest BCUT2D eigenvalue weighted by Gasteiger charge is -2.30. The van der Waals surface area contributed by atoms with Crippen LogP contribution in [0.1, 0.15) is 30.1 Å². The minimum absolute atomic E-state index is 0.0318. The highest BCUT2D eigenvalue weighted by molar-refractivity contribution is 7.98. The number of benzene rings is 1. The number of rotatable bonds is 5. The van der Waals surface area contributed by atoms with Crippen LogP contribution in [0, 0.1) is 10.1 Å². The Balaban J connectivity index is 2.32. The molecule has 1 aliphatic rings. The van der Waals surface area contributed by atoms with E-state index in [1.807, 2.05) is 13.2 Å². The lowest BCUT2D eigenvalue weighted by molar-refractivity contribution is -0.385. The lowest BCUT2D eigenvalue weighted by Crippen LogP contribution is -2.51. The summed E-state index contributed by atoms with van der Waals surface area (Å²) in [6.45, 7) is 2.92. The van der Waals surface area contributed by atoms with E-state index in [4.69, 9.17) is 4.74 Å². The Morgan fingerprint density at radius 1 is 1.52 bits per heavy atom. The maximum Gasteiger partial charge on any atom is 0.285 e. The minimum atomic E-state index is -0.551. The number of carbonyl (C=O) groups is 1. The summed E-state index contributed by atoms with van der Waals surface area (Å²) < 4.78 is 5.16. The van der Waals surface area contributed by atoms with Crippen LogP contribution in [0.25, 0.3) is 0 Å². The summed E-state index contributed by atoms with van der Waals surface area (Å²) in [5, 5.41) is 17.5. The van der Waals surface area contributed by atoms with Crippen LogP contribution in [0.2, 0.25) is 0 Å². The zero-order valence-corrected chi connectivity index (χ0v) is 14.2. The third kappa shape index (κ3) is 3.94. The molecule has 0 saturated carbocycles. The molecule has 2 N–H and O–H groups in total. The Hall–Kier alpha value is -1.80. The summed E-state index contributed by atoms with van der Waals surface area (Å²) in [7, 11) is 1.45. The molecule has 0 aromatic heterocycles. The Morgan fingerprint density at radius 2 is 2.26 bits per heavy atom. The number of ether oxygens (including phenoxy) is 1. The number of nitrogens with one attached hydrogen (secondary N) is 2. The number of amides is 1. The molecule has 1 fully saturated rings. The van der Waals surface area contributed by atoms with Crippen molar-refractivity contribution in [1.29, 1.82) is 0 Å². The van der Waals surface area contributed by atoms with E-state index in [2.05, 4.69) is 10.6 Å². The molecule has 2 rings (SSSR count). The number of hydrogen-bond acceptors (Lipinski definition) is 6. The van der Waals surface area contributed by atoms with Gasteiger partial charge in [0.25, 0.3) is 11.6 Å². The number of methoxy groups -OCH3 is 1. The van der Waals surface area contributed by atoms with Gasteiger partial charge in [-0.05, 0) is 38.6 Å². The van der Waals surface area contributed by atoms with E-state index in [0.29, 0.717) is 10.6 Å². The van der Waals surface area contributed by atoms with E-state index in [1.54, 1.807) is 0 Å². The standard InChI is InChI=1S/C15H21N3O4S/c1-9-11(5-4-6-16-9)17-15(19)10-7-14(23-3)13(22-2)8-12(10)18(20)21/h7-9,11,16H,4-6H2,1-3H3,(H,17,19). The van der Waals surface area contributed by atoms with Crippen LogP contribution < -0.4 is 15.4 Å². The maximum atomic E-state index is 12.6. The SMILES string of the molecule is COc1cc([N+](=O)[O-])c(C(=O)NC2CCCNC2C)cc1SC. The van der Waals surface area contributed by atoms with Crippen molar-refractivity contribution in [2.24, 2.45) is 0 Å². The van der Waals surface area contributed by atoms with Gasteiger partial charge in [0.15, 0.2) is 0 Å². The Bertz CT molecular complexity index is 609. The molecule has 1 aromatic rings. The highest BCUT2D eigenvalue weighted by Gasteiger charge is 2.28. The third-order valence-corrected chi connectivity index (χ3v) is 4.78. The van der Waals surface area contributed by atoms with Gasteiger partial charge < -0.3 is 15.4 Å². The molecule has 8 heteroatoms. The normalized spacial score (nSPS) is 20.8. The first kappa shape index (κ1) is 17.6. The van der Waals surface area contributed by atoms with Crippen LogP contribution in [0.3, 0.4) is 0 Å². The average Bonchev–Trinajstić information content (AvgIpc) is 2.55. The fourth-order valence-electron chi connectivity index (χ4n) is 2.69. The van der Waals surface area contributed by atoms with E-state index in [0.717, 1.165) is 19.4 Å². The van der Waals surface area contributed by atoms with Gasteiger partial charge in [0.05, 0.1) is 23.0 Å². The zero-order valence-electron chi connectivity index (χ0n) is 13.4. The number of thioether (sulfide) groups is 1. The van der Waals surface area contributed by atoms with Crippen molar-refractivity contribution in [3.8, 4) is 5.75 Å². The maximum absolute atomic E-state index is 12.6. The molecule has 7 nitrogen and oxygen atoms in total. The van der Waals surface area contributed by atoms with Crippen molar-refractivity contribution in [3.63, 3.8) is 0 Å². The van der Waals surface area contributed by atoms with Gasteiger partial charge in [-0.3, -0.25) is 14.9 Å². The van der Waals surface area contributed by atoms with Gasteiger partial charge in [0.1, 0.15) is 11.3 Å². The summed E-state index contributed by atoms with van der Waals surface area (Å²) in [5.41, 5.74) is -0.175. The number of nitro groups is 1. The number of nitro benzene ring substituents is 1. The van der Waals surface area contributed by atoms with Gasteiger partial charge in [0, 0.05) is 12.1 Å². The first-order chi connectivity index (χ1) is 11.0. The molecule has 1 aliphatic heterocycles. The molecule has 2 unspecified atom stereocenters. The van der Waals surface area contributed by atoms with Crippen molar-refractivity contribution in [2.45, 2.75) is 36.7 Å². The van der Waals surface area contributed by atoms with Gasteiger partial charge in [-0.15, -0.1) is 11.8 Å². The van der Waals surface area contributed by atoms with Gasteiger partial charge in [-0.2, -0.15) is 0 Å². The highest BCUT2D eigenvalue weighted by atomic mass is 32.2. The van der Waals surface area contributed by atoms with Crippen molar-refractivity contribution in [1.82, 2.24) is 10.6 Å². The van der Waals surface area contributed by atoms with Crippen LogP contribution >= 0.6 is 11.8 Å². The Morgan fingerprint density at radius 3 is 2.83 bits per heavy atom. The van der Waals surface area contributed by atoms with Crippen molar-refractivity contribution in [2.75, 3.05) is 19.9 Å². The molecule has 1 heterocycles. The number of piperidine rings is 1. The van der Waals surface area contributed by atoms with Crippen molar-refractivity contribution >= 4 is 23.4 Å². The largest absolute Gasteiger partial charge is 0.495 e. The summed E-state index contributed by atoms with van der Waals surface area (Å²) in [4.78, 5) is 24.0. The zero-order chi connectivity index (χ0) is 17.0. The number of carbonyl (C=O) groups excluding carboxylic acids is 1. The topological polar surface area (TPSA) is 93.5 Å². The lowest BCUT2D eigenvalue weighted by atomic mass is 9.99. The molecular weight excluding hydrogens is 318 g/mol. The van der Waals surface area contributed by atoms with E-state index in [1.165, 1.54) is 31.0 Å². The average molecular weight is 339 g/mol. The van der Waals surface area contributed by atoms with Gasteiger partial charge in [-0.25, -0.2) is 0 Å². The molecule has 126 valence electrons. The van der Waals surface area contributed by atoms with Gasteiger partial charge >= 0.3 is 0 Å². The molecule has 0 spiro atoms. The number of hydrogen-bond donors (Lipinski definition) is 2. The smallest absolute Gasteiger partial charge is 0.285 e. The van der Waals surface area contributed by atoms with E-state index in [-0.39, 0.29) is 23.3 Å². The van der Waals surface area contributed by atoms with Crippen LogP contribution in [-0.4, -0.2) is 42.8 Å². The van der Waals surface area contributed by atoms with E-state index >= 15 is 0 Å². The van der Waals surface area contributed by atoms with Gasteiger partial charge in [-0.1, -0.05) is 0 Å². The first-order valence-electron chi connectivity index (χ1n) is 7.42. The first-order valence-corrected chi connectivity index (χ1v) is 8.65. The molecule has 2 atom stereocenters. The second kappa shape index (κ2) is 7.65. The molecule has 23 heavy (non-hydrogen) atoms. The third-order valence-electron chi connectivity index (χ3n) is 4.02. The van der Waals surface area contributed by atoms with Crippen LogP contribution in [0.5, 0.6) is 5.75 Å².